The average Bonchev–Trinajstić information content (AvgIpc) is 1.91. The summed E-state index contributed by atoms with van der Waals surface area (Å²) in [5, 5.41) is 0. The zero-order valence-electron chi connectivity index (χ0n) is 5.50. The lowest BCUT2D eigenvalue weighted by molar-refractivity contribution is 1.43. The van der Waals surface area contributed by atoms with Crippen molar-refractivity contribution in [3.8, 4) is 0 Å². The smallest absolute Gasteiger partial charge is 0.0698 e. The first kappa shape index (κ1) is 6.90. The molecule has 0 radical (unpaired) electrons. The predicted molar refractivity (Wildman–Crippen MR) is 47.7 cm³/mol. The van der Waals surface area contributed by atoms with Crippen molar-refractivity contribution in [1.82, 2.24) is 0 Å². The Labute approximate surface area is 62.7 Å². The molecule has 0 heterocycles. The summed E-state index contributed by atoms with van der Waals surface area (Å²) < 4.78 is 0. The summed E-state index contributed by atoms with van der Waals surface area (Å²) in [7, 11) is 1.24. The summed E-state index contributed by atoms with van der Waals surface area (Å²) in [6.07, 6.45) is 0. The van der Waals surface area contributed by atoms with E-state index < -0.39 is 0 Å². The molecule has 0 saturated carbocycles. The minimum Gasteiger partial charge on any atom is -0.193 e. The van der Waals surface area contributed by atoms with Crippen molar-refractivity contribution in [2.24, 2.45) is 0 Å². The predicted octanol–water partition coefficient (Wildman–Crippen LogP) is 1.20. The first-order valence-corrected chi connectivity index (χ1v) is 6.80. The fraction of sp³-hybridized carbons (Fsp3) is 0.143. The van der Waals surface area contributed by atoms with E-state index in [1.54, 1.807) is 0 Å². The number of rotatable bonds is 2. The lowest BCUT2D eigenvalue weighted by Gasteiger charge is -1.93. The summed E-state index contributed by atoms with van der Waals surface area (Å²) in [5.74, 6) is 1.19. The molecule has 48 valence electrons. The molecule has 0 amide bonds. The summed E-state index contributed by atoms with van der Waals surface area (Å²) >= 11 is 1.99. The third-order valence-electron chi connectivity index (χ3n) is 1.15. The molecule has 0 aliphatic heterocycles. The third-order valence-corrected chi connectivity index (χ3v) is 2.64. The maximum Gasteiger partial charge on any atom is 0.0698 e. The van der Waals surface area contributed by atoms with Crippen molar-refractivity contribution in [2.45, 2.75) is 5.75 Å². The molecule has 0 aliphatic carbocycles. The van der Waals surface area contributed by atoms with Gasteiger partial charge in [-0.2, -0.15) is 11.2 Å². The van der Waals surface area contributed by atoms with E-state index in [4.69, 9.17) is 0 Å². The number of hydrogen-bond donors (Lipinski definition) is 0. The first-order chi connectivity index (χ1) is 4.43. The Kier molecular flexibility index (Phi) is 2.87. The average molecular weight is 154 g/mol. The van der Waals surface area contributed by atoms with Gasteiger partial charge in [-0.1, -0.05) is 30.3 Å². The van der Waals surface area contributed by atoms with Crippen LogP contribution in [0.4, 0.5) is 0 Å². The van der Waals surface area contributed by atoms with Gasteiger partial charge in [0.1, 0.15) is 0 Å². The number of hydrogen-bond acceptors (Lipinski definition) is 1. The van der Waals surface area contributed by atoms with E-state index in [0.717, 1.165) is 0 Å². The Bertz CT molecular complexity index is 162. The normalized spacial score (nSPS) is 9.78. The van der Waals surface area contributed by atoms with Gasteiger partial charge in [-0.25, -0.2) is 0 Å². The molecule has 0 atom stereocenters. The SMILES string of the molecule is [SiH3]SCc1ccccc1. The Morgan fingerprint density at radius 1 is 1.22 bits per heavy atom. The van der Waals surface area contributed by atoms with Gasteiger partial charge in [-0.15, -0.1) is 0 Å². The minimum absolute atomic E-state index is 1.19. The molecular formula is C7H10SSi. The molecule has 0 nitrogen and oxygen atoms in total. The molecule has 1 aromatic rings. The van der Waals surface area contributed by atoms with E-state index in [1.807, 2.05) is 11.2 Å². The van der Waals surface area contributed by atoms with Gasteiger partial charge < -0.3 is 0 Å². The Morgan fingerprint density at radius 2 is 1.89 bits per heavy atom. The molecule has 9 heavy (non-hydrogen) atoms. The Morgan fingerprint density at radius 3 is 2.44 bits per heavy atom. The molecular weight excluding hydrogens is 144 g/mol. The van der Waals surface area contributed by atoms with Crippen LogP contribution in [-0.4, -0.2) is 9.39 Å². The molecule has 0 N–H and O–H groups in total. The second-order valence-corrected chi connectivity index (χ2v) is 4.52. The van der Waals surface area contributed by atoms with Crippen molar-refractivity contribution < 1.29 is 0 Å². The summed E-state index contributed by atoms with van der Waals surface area (Å²) in [6, 6.07) is 10.6. The zero-order chi connectivity index (χ0) is 6.53. The van der Waals surface area contributed by atoms with E-state index in [-0.39, 0.29) is 0 Å². The summed E-state index contributed by atoms with van der Waals surface area (Å²) in [6.45, 7) is 0. The fourth-order valence-corrected chi connectivity index (χ4v) is 2.27. The maximum absolute atomic E-state index is 2.17. The van der Waals surface area contributed by atoms with E-state index in [9.17, 15) is 0 Å². The second kappa shape index (κ2) is 3.74. The quantitative estimate of drug-likeness (QED) is 0.577. The maximum atomic E-state index is 2.17. The van der Waals surface area contributed by atoms with Crippen molar-refractivity contribution in [2.75, 3.05) is 0 Å². The van der Waals surface area contributed by atoms with Gasteiger partial charge in [0, 0.05) is 5.75 Å². The van der Waals surface area contributed by atoms with Gasteiger partial charge in [0.25, 0.3) is 0 Å². The second-order valence-electron chi connectivity index (χ2n) is 1.92. The molecule has 1 rings (SSSR count). The van der Waals surface area contributed by atoms with E-state index in [0.29, 0.717) is 0 Å². The van der Waals surface area contributed by atoms with Crippen LogP contribution < -0.4 is 0 Å². The highest BCUT2D eigenvalue weighted by molar-refractivity contribution is 8.19. The van der Waals surface area contributed by atoms with Crippen LogP contribution in [-0.2, 0) is 5.75 Å². The molecule has 0 saturated heterocycles. The van der Waals surface area contributed by atoms with Crippen LogP contribution in [0.25, 0.3) is 0 Å². The highest BCUT2D eigenvalue weighted by Gasteiger charge is 1.84. The van der Waals surface area contributed by atoms with Gasteiger partial charge in [-0.05, 0) is 5.56 Å². The van der Waals surface area contributed by atoms with E-state index in [1.165, 1.54) is 20.7 Å². The first-order valence-electron chi connectivity index (χ1n) is 2.96. The van der Waals surface area contributed by atoms with Crippen LogP contribution in [0.15, 0.2) is 30.3 Å². The topological polar surface area (TPSA) is 0 Å². The van der Waals surface area contributed by atoms with Gasteiger partial charge in [-0.3, -0.25) is 0 Å². The van der Waals surface area contributed by atoms with Crippen LogP contribution in [0.3, 0.4) is 0 Å². The third kappa shape index (κ3) is 2.24. The van der Waals surface area contributed by atoms with Crippen molar-refractivity contribution in [3.05, 3.63) is 35.9 Å². The lowest BCUT2D eigenvalue weighted by atomic mass is 10.2. The summed E-state index contributed by atoms with van der Waals surface area (Å²) in [4.78, 5) is 0. The molecule has 1 aromatic carbocycles. The molecule has 0 aromatic heterocycles. The van der Waals surface area contributed by atoms with Crippen LogP contribution in [0.1, 0.15) is 5.56 Å². The van der Waals surface area contributed by atoms with Crippen molar-refractivity contribution >= 4 is 20.6 Å². The van der Waals surface area contributed by atoms with Crippen molar-refractivity contribution in [1.29, 1.82) is 0 Å². The van der Waals surface area contributed by atoms with Crippen molar-refractivity contribution in [3.63, 3.8) is 0 Å². The lowest BCUT2D eigenvalue weighted by Crippen LogP contribution is -1.75. The van der Waals surface area contributed by atoms with Gasteiger partial charge >= 0.3 is 0 Å². The molecule has 2 heteroatoms. The fourth-order valence-electron chi connectivity index (χ4n) is 0.741. The van der Waals surface area contributed by atoms with Crippen LogP contribution in [0, 0.1) is 0 Å². The minimum atomic E-state index is 1.19. The molecule has 0 unspecified atom stereocenters. The monoisotopic (exact) mass is 154 g/mol. The van der Waals surface area contributed by atoms with E-state index in [2.05, 4.69) is 30.3 Å². The van der Waals surface area contributed by atoms with Gasteiger partial charge in [0.05, 0.1) is 9.39 Å². The molecule has 0 aliphatic rings. The van der Waals surface area contributed by atoms with Gasteiger partial charge in [0.2, 0.25) is 0 Å². The zero-order valence-corrected chi connectivity index (χ0v) is 8.32. The van der Waals surface area contributed by atoms with Crippen LogP contribution in [0.5, 0.6) is 0 Å². The Balaban J connectivity index is 2.61. The standard InChI is InChI=1S/C7H10SSi/c9-8-6-7-4-2-1-3-5-7/h1-5H,6H2,9H3. The highest BCUT2D eigenvalue weighted by atomic mass is 32.4. The van der Waals surface area contributed by atoms with E-state index >= 15 is 0 Å². The van der Waals surface area contributed by atoms with Crippen LogP contribution in [0.2, 0.25) is 0 Å². The Hall–Kier alpha value is -0.213. The number of benzene rings is 1. The van der Waals surface area contributed by atoms with Crippen LogP contribution >= 0.6 is 11.2 Å². The highest BCUT2D eigenvalue weighted by Crippen LogP contribution is 2.06. The molecule has 0 bridgehead atoms. The molecule has 0 fully saturated rings. The van der Waals surface area contributed by atoms with Gasteiger partial charge in [0.15, 0.2) is 0 Å². The molecule has 0 spiro atoms. The largest absolute Gasteiger partial charge is 0.193 e. The summed E-state index contributed by atoms with van der Waals surface area (Å²) in [5.41, 5.74) is 1.44.